The van der Waals surface area contributed by atoms with Crippen molar-refractivity contribution in [3.8, 4) is 0 Å². The monoisotopic (exact) mass is 291 g/mol. The number of carbonyl (C=O) groups is 2. The van der Waals surface area contributed by atoms with E-state index in [1.807, 2.05) is 60.7 Å². The quantitative estimate of drug-likeness (QED) is 0.791. The second kappa shape index (κ2) is 7.18. The van der Waals surface area contributed by atoms with Gasteiger partial charge in [0.15, 0.2) is 0 Å². The molecular weight excluding hydrogens is 274 g/mol. The van der Waals surface area contributed by atoms with Crippen molar-refractivity contribution in [3.63, 3.8) is 0 Å². The zero-order valence-electron chi connectivity index (χ0n) is 12.2. The minimum absolute atomic E-state index is 0.456. The van der Waals surface area contributed by atoms with Crippen molar-refractivity contribution >= 4 is 11.8 Å². The van der Waals surface area contributed by atoms with Crippen molar-refractivity contribution in [2.75, 3.05) is 0 Å². The summed E-state index contributed by atoms with van der Waals surface area (Å²) in [6, 6.07) is 18.3. The predicted octanol–water partition coefficient (Wildman–Crippen LogP) is 3.50. The van der Waals surface area contributed by atoms with Gasteiger partial charge in [0.05, 0.1) is 6.04 Å². The van der Waals surface area contributed by atoms with E-state index in [4.69, 9.17) is 0 Å². The van der Waals surface area contributed by atoms with Crippen LogP contribution < -0.4 is 0 Å². The maximum atomic E-state index is 12.2. The third kappa shape index (κ3) is 3.20. The number of amides is 2. The minimum atomic E-state index is -0.515. The zero-order chi connectivity index (χ0) is 15.9. The van der Waals surface area contributed by atoms with E-state index in [2.05, 4.69) is 13.2 Å². The molecular formula is C19H17NO2. The van der Waals surface area contributed by atoms with Crippen LogP contribution >= 0.6 is 0 Å². The van der Waals surface area contributed by atoms with Crippen LogP contribution in [0.3, 0.4) is 0 Å². The largest absolute Gasteiger partial charge is 0.269 e. The van der Waals surface area contributed by atoms with Crippen LogP contribution in [-0.2, 0) is 9.59 Å². The van der Waals surface area contributed by atoms with Crippen molar-refractivity contribution < 1.29 is 9.59 Å². The number of hydrogen-bond acceptors (Lipinski definition) is 2. The Morgan fingerprint density at radius 1 is 0.773 bits per heavy atom. The number of rotatable bonds is 5. The molecule has 22 heavy (non-hydrogen) atoms. The van der Waals surface area contributed by atoms with E-state index in [1.165, 1.54) is 4.90 Å². The molecule has 0 radical (unpaired) electrons. The Morgan fingerprint density at radius 2 is 1.14 bits per heavy atom. The molecule has 2 rings (SSSR count). The van der Waals surface area contributed by atoms with Gasteiger partial charge in [-0.25, -0.2) is 0 Å². The number of benzene rings is 2. The van der Waals surface area contributed by atoms with E-state index >= 15 is 0 Å². The minimum Gasteiger partial charge on any atom is -0.269 e. The maximum Gasteiger partial charge on any atom is 0.253 e. The average molecular weight is 291 g/mol. The molecule has 2 aromatic rings. The fraction of sp³-hybridized carbons (Fsp3) is 0.0526. The molecule has 0 aliphatic rings. The molecule has 2 aromatic carbocycles. The highest BCUT2D eigenvalue weighted by molar-refractivity contribution is 6.05. The topological polar surface area (TPSA) is 37.4 Å². The summed E-state index contributed by atoms with van der Waals surface area (Å²) in [5.41, 5.74) is 1.69. The normalized spacial score (nSPS) is 10.0. The lowest BCUT2D eigenvalue weighted by Crippen LogP contribution is -2.38. The first kappa shape index (κ1) is 15.4. The fourth-order valence-corrected chi connectivity index (χ4v) is 2.32. The molecule has 0 spiro atoms. The van der Waals surface area contributed by atoms with Crippen molar-refractivity contribution in [3.05, 3.63) is 97.1 Å². The van der Waals surface area contributed by atoms with Crippen LogP contribution in [0.4, 0.5) is 0 Å². The lowest BCUT2D eigenvalue weighted by Gasteiger charge is -2.29. The Bertz CT molecular complexity index is 618. The van der Waals surface area contributed by atoms with Gasteiger partial charge in [0.25, 0.3) is 11.8 Å². The molecule has 0 N–H and O–H groups in total. The first-order chi connectivity index (χ1) is 10.7. The third-order valence-electron chi connectivity index (χ3n) is 3.31. The Kier molecular flexibility index (Phi) is 5.04. The molecule has 0 heterocycles. The highest BCUT2D eigenvalue weighted by Gasteiger charge is 2.29. The molecule has 0 aliphatic carbocycles. The van der Waals surface area contributed by atoms with Crippen molar-refractivity contribution in [1.29, 1.82) is 0 Å². The van der Waals surface area contributed by atoms with Gasteiger partial charge in [-0.3, -0.25) is 14.5 Å². The molecule has 0 bridgehead atoms. The van der Waals surface area contributed by atoms with Gasteiger partial charge in [-0.15, -0.1) is 0 Å². The third-order valence-corrected chi connectivity index (χ3v) is 3.31. The summed E-state index contributed by atoms with van der Waals surface area (Å²) in [6.07, 6.45) is 2.28. The summed E-state index contributed by atoms with van der Waals surface area (Å²) in [4.78, 5) is 25.7. The number of imide groups is 1. The van der Waals surface area contributed by atoms with Crippen LogP contribution in [0.5, 0.6) is 0 Å². The summed E-state index contributed by atoms with van der Waals surface area (Å²) < 4.78 is 0. The van der Waals surface area contributed by atoms with Gasteiger partial charge >= 0.3 is 0 Å². The van der Waals surface area contributed by atoms with Crippen LogP contribution in [0.2, 0.25) is 0 Å². The number of carbonyl (C=O) groups excluding carboxylic acids is 2. The van der Waals surface area contributed by atoms with Crippen molar-refractivity contribution in [2.24, 2.45) is 0 Å². The van der Waals surface area contributed by atoms with Crippen LogP contribution in [0.15, 0.2) is 86.0 Å². The molecule has 0 aliphatic heterocycles. The first-order valence-electron chi connectivity index (χ1n) is 6.91. The summed E-state index contributed by atoms with van der Waals surface area (Å²) in [7, 11) is 0. The van der Waals surface area contributed by atoms with E-state index < -0.39 is 17.9 Å². The highest BCUT2D eigenvalue weighted by Crippen LogP contribution is 2.29. The molecule has 110 valence electrons. The van der Waals surface area contributed by atoms with Crippen molar-refractivity contribution in [2.45, 2.75) is 6.04 Å². The Labute approximate surface area is 130 Å². The second-order valence-corrected chi connectivity index (χ2v) is 4.68. The number of nitrogens with zero attached hydrogens (tertiary/aromatic N) is 1. The van der Waals surface area contributed by atoms with Crippen LogP contribution in [0, 0.1) is 0 Å². The van der Waals surface area contributed by atoms with Gasteiger partial charge in [-0.2, -0.15) is 0 Å². The van der Waals surface area contributed by atoms with E-state index in [9.17, 15) is 9.59 Å². The van der Waals surface area contributed by atoms with Crippen LogP contribution in [0.25, 0.3) is 0 Å². The van der Waals surface area contributed by atoms with Gasteiger partial charge in [0, 0.05) is 0 Å². The molecule has 0 saturated carbocycles. The Balaban J connectivity index is 2.60. The Morgan fingerprint density at radius 3 is 1.45 bits per heavy atom. The molecule has 0 aromatic heterocycles. The van der Waals surface area contributed by atoms with Gasteiger partial charge in [0.1, 0.15) is 0 Å². The number of hydrogen-bond donors (Lipinski definition) is 0. The highest BCUT2D eigenvalue weighted by atomic mass is 16.2. The summed E-state index contributed by atoms with van der Waals surface area (Å²) in [6.45, 7) is 6.98. The average Bonchev–Trinajstić information content (AvgIpc) is 2.59. The van der Waals surface area contributed by atoms with E-state index in [-0.39, 0.29) is 0 Å². The van der Waals surface area contributed by atoms with Gasteiger partial charge in [0.2, 0.25) is 0 Å². The van der Waals surface area contributed by atoms with Gasteiger partial charge in [-0.1, -0.05) is 73.8 Å². The molecule has 3 nitrogen and oxygen atoms in total. The zero-order valence-corrected chi connectivity index (χ0v) is 12.2. The standard InChI is InChI=1S/C19H17NO2/c1-3-17(21)20(18(22)4-2)19(15-11-7-5-8-12-15)16-13-9-6-10-14-16/h3-14,19H,1-2H2. The fourth-order valence-electron chi connectivity index (χ4n) is 2.32. The van der Waals surface area contributed by atoms with Crippen LogP contribution in [-0.4, -0.2) is 16.7 Å². The molecule has 2 amide bonds. The molecule has 0 atom stereocenters. The summed E-state index contributed by atoms with van der Waals surface area (Å²) >= 11 is 0. The second-order valence-electron chi connectivity index (χ2n) is 4.68. The molecule has 0 fully saturated rings. The molecule has 0 unspecified atom stereocenters. The van der Waals surface area contributed by atoms with Crippen LogP contribution in [0.1, 0.15) is 17.2 Å². The smallest absolute Gasteiger partial charge is 0.253 e. The van der Waals surface area contributed by atoms with Gasteiger partial charge < -0.3 is 0 Å². The predicted molar refractivity (Wildman–Crippen MR) is 87.0 cm³/mol. The molecule has 0 saturated heterocycles. The lowest BCUT2D eigenvalue weighted by molar-refractivity contribution is -0.140. The lowest BCUT2D eigenvalue weighted by atomic mass is 9.96. The van der Waals surface area contributed by atoms with Crippen molar-refractivity contribution in [1.82, 2.24) is 4.90 Å². The van der Waals surface area contributed by atoms with E-state index in [1.54, 1.807) is 0 Å². The SMILES string of the molecule is C=CC(=O)N(C(=O)C=C)C(c1ccccc1)c1ccccc1. The van der Waals surface area contributed by atoms with Gasteiger partial charge in [-0.05, 0) is 23.3 Å². The van der Waals surface area contributed by atoms with E-state index in [0.717, 1.165) is 23.3 Å². The Hall–Kier alpha value is -2.94. The molecule has 3 heteroatoms. The van der Waals surface area contributed by atoms with E-state index in [0.29, 0.717) is 0 Å². The summed E-state index contributed by atoms with van der Waals surface area (Å²) in [5, 5.41) is 0. The summed E-state index contributed by atoms with van der Waals surface area (Å²) in [5.74, 6) is -0.912. The first-order valence-corrected chi connectivity index (χ1v) is 6.91. The maximum absolute atomic E-state index is 12.2.